The number of hydrogen-bond donors (Lipinski definition) is 1. The van der Waals surface area contributed by atoms with Crippen LogP contribution in [-0.2, 0) is 0 Å². The van der Waals surface area contributed by atoms with Gasteiger partial charge in [-0.1, -0.05) is 11.8 Å². The number of hydrogen-bond acceptors (Lipinski definition) is 3. The Labute approximate surface area is 92.4 Å². The summed E-state index contributed by atoms with van der Waals surface area (Å²) < 4.78 is 26.7. The number of alkyl halides is 2. The van der Waals surface area contributed by atoms with Crippen LogP contribution in [0.4, 0.5) is 14.5 Å². The molecule has 0 atom stereocenters. The first-order valence-electron chi connectivity index (χ1n) is 4.46. The Morgan fingerprint density at radius 1 is 1.27 bits per heavy atom. The first-order chi connectivity index (χ1) is 6.89. The number of nitrogens with zero attached hydrogens (tertiary/aromatic N) is 1. The van der Waals surface area contributed by atoms with Crippen LogP contribution in [0.1, 0.15) is 0 Å². The molecule has 5 heteroatoms. The molecule has 84 valence electrons. The normalized spacial score (nSPS) is 12.1. The number of halogens is 2. The van der Waals surface area contributed by atoms with Crippen molar-refractivity contribution in [1.82, 2.24) is 4.90 Å². The van der Waals surface area contributed by atoms with Gasteiger partial charge in [0.1, 0.15) is 0 Å². The second-order valence-electron chi connectivity index (χ2n) is 3.55. The molecule has 2 nitrogen and oxygen atoms in total. The van der Waals surface area contributed by atoms with E-state index in [1.807, 2.05) is 0 Å². The highest BCUT2D eigenvalue weighted by Crippen LogP contribution is 2.36. The predicted molar refractivity (Wildman–Crippen MR) is 60.2 cm³/mol. The highest BCUT2D eigenvalue weighted by molar-refractivity contribution is 8.00. The molecule has 0 bridgehead atoms. The zero-order chi connectivity index (χ0) is 11.5. The van der Waals surface area contributed by atoms with Gasteiger partial charge in [0, 0.05) is 10.6 Å². The highest BCUT2D eigenvalue weighted by Gasteiger charge is 2.30. The minimum absolute atomic E-state index is 0.276. The van der Waals surface area contributed by atoms with E-state index in [9.17, 15) is 8.78 Å². The van der Waals surface area contributed by atoms with E-state index in [0.717, 1.165) is 0 Å². The third kappa shape index (κ3) is 4.48. The van der Waals surface area contributed by atoms with Crippen LogP contribution in [0.5, 0.6) is 0 Å². The summed E-state index contributed by atoms with van der Waals surface area (Å²) in [6, 6.07) is 6.44. The summed E-state index contributed by atoms with van der Waals surface area (Å²) in [5.41, 5.74) is 6.05. The molecule has 0 heterocycles. The van der Waals surface area contributed by atoms with Crippen LogP contribution in [0.25, 0.3) is 0 Å². The third-order valence-electron chi connectivity index (χ3n) is 1.65. The maximum Gasteiger partial charge on any atom is 0.310 e. The van der Waals surface area contributed by atoms with Crippen molar-refractivity contribution in [2.75, 3.05) is 26.4 Å². The van der Waals surface area contributed by atoms with Crippen molar-refractivity contribution < 1.29 is 8.78 Å². The molecule has 1 rings (SSSR count). The van der Waals surface area contributed by atoms with E-state index in [0.29, 0.717) is 22.3 Å². The zero-order valence-electron chi connectivity index (χ0n) is 8.71. The molecule has 0 aliphatic heterocycles. The summed E-state index contributed by atoms with van der Waals surface area (Å²) in [6.07, 6.45) is 0. The van der Waals surface area contributed by atoms with E-state index < -0.39 is 5.25 Å². The maximum absolute atomic E-state index is 13.4. The average molecular weight is 232 g/mol. The number of thioether (sulfide) groups is 1. The molecule has 0 radical (unpaired) electrons. The van der Waals surface area contributed by atoms with Crippen molar-refractivity contribution >= 4 is 17.4 Å². The third-order valence-corrected chi connectivity index (χ3v) is 2.58. The molecule has 0 aliphatic carbocycles. The summed E-state index contributed by atoms with van der Waals surface area (Å²) in [6.45, 7) is -0.276. The summed E-state index contributed by atoms with van der Waals surface area (Å²) in [5, 5.41) is -2.78. The molecule has 0 spiro atoms. The minimum Gasteiger partial charge on any atom is -0.399 e. The Bertz CT molecular complexity index is 312. The van der Waals surface area contributed by atoms with Crippen molar-refractivity contribution in [3.63, 3.8) is 0 Å². The molecule has 0 saturated carbocycles. The maximum atomic E-state index is 13.4. The monoisotopic (exact) mass is 232 g/mol. The molecule has 0 fully saturated rings. The van der Waals surface area contributed by atoms with Crippen molar-refractivity contribution in [2.24, 2.45) is 0 Å². The van der Waals surface area contributed by atoms with E-state index in [-0.39, 0.29) is 6.54 Å². The number of nitrogen functional groups attached to an aromatic ring is 1. The summed E-state index contributed by atoms with van der Waals surface area (Å²) in [5.74, 6) is 0. The molecule has 1 aromatic carbocycles. The first-order valence-corrected chi connectivity index (χ1v) is 5.28. The molecular formula is C10H14F2N2S. The standard InChI is InChI=1S/C10H14F2N2S/c1-14(2)7-10(11,12)15-9-5-3-8(13)4-6-9/h3-6H,7,13H2,1-2H3. The smallest absolute Gasteiger partial charge is 0.310 e. The van der Waals surface area contributed by atoms with E-state index in [2.05, 4.69) is 0 Å². The van der Waals surface area contributed by atoms with Crippen LogP contribution >= 0.6 is 11.8 Å². The van der Waals surface area contributed by atoms with Crippen LogP contribution in [0.15, 0.2) is 29.2 Å². The Hall–Kier alpha value is -0.810. The topological polar surface area (TPSA) is 29.3 Å². The van der Waals surface area contributed by atoms with Gasteiger partial charge in [-0.2, -0.15) is 8.78 Å². The minimum atomic E-state index is -2.78. The van der Waals surface area contributed by atoms with E-state index in [4.69, 9.17) is 5.73 Å². The highest BCUT2D eigenvalue weighted by atomic mass is 32.2. The molecule has 0 aliphatic rings. The molecule has 0 aromatic heterocycles. The van der Waals surface area contributed by atoms with Crippen molar-refractivity contribution in [3.05, 3.63) is 24.3 Å². The summed E-state index contributed by atoms with van der Waals surface area (Å²) >= 11 is 0.552. The summed E-state index contributed by atoms with van der Waals surface area (Å²) in [7, 11) is 3.24. The molecule has 2 N–H and O–H groups in total. The van der Waals surface area contributed by atoms with Gasteiger partial charge in [-0.3, -0.25) is 0 Å². The Kier molecular flexibility index (Phi) is 3.93. The van der Waals surface area contributed by atoms with E-state index in [1.54, 1.807) is 38.4 Å². The van der Waals surface area contributed by atoms with Gasteiger partial charge in [-0.25, -0.2) is 0 Å². The molecular weight excluding hydrogens is 218 g/mol. The number of rotatable bonds is 4. The van der Waals surface area contributed by atoms with Crippen LogP contribution in [-0.4, -0.2) is 30.8 Å². The van der Waals surface area contributed by atoms with Crippen molar-refractivity contribution in [3.8, 4) is 0 Å². The van der Waals surface area contributed by atoms with Gasteiger partial charge in [-0.15, -0.1) is 0 Å². The van der Waals surface area contributed by atoms with Crippen molar-refractivity contribution in [1.29, 1.82) is 0 Å². The van der Waals surface area contributed by atoms with E-state index in [1.165, 1.54) is 4.90 Å². The van der Waals surface area contributed by atoms with Gasteiger partial charge in [0.25, 0.3) is 0 Å². The lowest BCUT2D eigenvalue weighted by Gasteiger charge is -2.19. The lowest BCUT2D eigenvalue weighted by atomic mass is 10.3. The quantitative estimate of drug-likeness (QED) is 0.639. The fourth-order valence-electron chi connectivity index (χ4n) is 1.11. The fraction of sp³-hybridized carbons (Fsp3) is 0.400. The molecule has 15 heavy (non-hydrogen) atoms. The first kappa shape index (κ1) is 12.3. The predicted octanol–water partition coefficient (Wildman–Crippen LogP) is 2.52. The van der Waals surface area contributed by atoms with Crippen LogP contribution < -0.4 is 5.73 Å². The van der Waals surface area contributed by atoms with Gasteiger partial charge in [-0.05, 0) is 38.4 Å². The van der Waals surface area contributed by atoms with Gasteiger partial charge in [0.15, 0.2) is 0 Å². The molecule has 0 saturated heterocycles. The largest absolute Gasteiger partial charge is 0.399 e. The van der Waals surface area contributed by atoms with Crippen LogP contribution in [0, 0.1) is 0 Å². The fourth-order valence-corrected chi connectivity index (χ4v) is 2.05. The van der Waals surface area contributed by atoms with Gasteiger partial charge >= 0.3 is 5.25 Å². The Morgan fingerprint density at radius 3 is 2.27 bits per heavy atom. The lowest BCUT2D eigenvalue weighted by Crippen LogP contribution is -2.28. The molecule has 0 amide bonds. The van der Waals surface area contributed by atoms with E-state index >= 15 is 0 Å². The lowest BCUT2D eigenvalue weighted by molar-refractivity contribution is 0.0731. The molecule has 0 unspecified atom stereocenters. The van der Waals surface area contributed by atoms with Crippen molar-refractivity contribution in [2.45, 2.75) is 10.2 Å². The number of anilines is 1. The van der Waals surface area contributed by atoms with Gasteiger partial charge in [0.05, 0.1) is 6.54 Å². The SMILES string of the molecule is CN(C)CC(F)(F)Sc1ccc(N)cc1. The number of nitrogens with two attached hydrogens (primary N) is 1. The number of benzene rings is 1. The Morgan fingerprint density at radius 2 is 1.80 bits per heavy atom. The van der Waals surface area contributed by atoms with Gasteiger partial charge < -0.3 is 10.6 Å². The second-order valence-corrected chi connectivity index (χ2v) is 4.82. The zero-order valence-corrected chi connectivity index (χ0v) is 9.52. The van der Waals surface area contributed by atoms with Gasteiger partial charge in [0.2, 0.25) is 0 Å². The Balaban J connectivity index is 2.64. The van der Waals surface area contributed by atoms with Crippen LogP contribution in [0.2, 0.25) is 0 Å². The second kappa shape index (κ2) is 4.81. The summed E-state index contributed by atoms with van der Waals surface area (Å²) in [4.78, 5) is 1.99. The average Bonchev–Trinajstić information content (AvgIpc) is 2.06. The molecule has 1 aromatic rings. The van der Waals surface area contributed by atoms with Crippen LogP contribution in [0.3, 0.4) is 0 Å².